The number of fused-ring (bicyclic) bond motifs is 10. The Bertz CT molecular complexity index is 3470. The molecule has 0 saturated heterocycles. The summed E-state index contributed by atoms with van der Waals surface area (Å²) in [6.07, 6.45) is 0. The van der Waals surface area contributed by atoms with Gasteiger partial charge in [-0.15, -0.1) is 11.3 Å². The van der Waals surface area contributed by atoms with Crippen molar-refractivity contribution in [3.63, 3.8) is 0 Å². The monoisotopic (exact) mass is 719 g/mol. The van der Waals surface area contributed by atoms with Crippen LogP contribution in [0.5, 0.6) is 0 Å². The molecule has 4 heterocycles. The van der Waals surface area contributed by atoms with E-state index in [0.29, 0.717) is 34.0 Å². The van der Waals surface area contributed by atoms with Crippen LogP contribution in [0.25, 0.3) is 108 Å². The van der Waals surface area contributed by atoms with Crippen molar-refractivity contribution in [3.8, 4) is 45.7 Å². The minimum Gasteiger partial charge on any atom is -0.456 e. The van der Waals surface area contributed by atoms with Crippen molar-refractivity contribution in [2.24, 2.45) is 0 Å². The van der Waals surface area contributed by atoms with Crippen molar-refractivity contribution in [2.75, 3.05) is 0 Å². The highest BCUT2D eigenvalue weighted by molar-refractivity contribution is 7.26. The lowest BCUT2D eigenvalue weighted by Crippen LogP contribution is -2.02. The average molecular weight is 720 g/mol. The number of aromatic nitrogens is 3. The summed E-state index contributed by atoms with van der Waals surface area (Å²) in [6, 6.07) is 53.1. The van der Waals surface area contributed by atoms with Gasteiger partial charge < -0.3 is 8.98 Å². The Kier molecular flexibility index (Phi) is 6.75. The molecule has 0 aliphatic heterocycles. The standard InChI is InChI=1S/C48H25N5OS/c1-50-37-26-29(22-24-39(37)53-38-19-8-5-14-30(38)32-23-25-41-43(46(32)53)34-16-6-9-20-40(34)54-41)45-36(27-49)44(28-12-3-2-4-13-28)51-48(52-45)35-18-11-17-33-31-15-7-10-21-42(31)55-47(33)35/h2-26H. The van der Waals surface area contributed by atoms with Crippen molar-refractivity contribution < 1.29 is 4.42 Å². The number of thiophene rings is 1. The van der Waals surface area contributed by atoms with Gasteiger partial charge in [0, 0.05) is 47.5 Å². The highest BCUT2D eigenvalue weighted by atomic mass is 32.1. The largest absolute Gasteiger partial charge is 0.456 e. The Morgan fingerprint density at radius 3 is 2.20 bits per heavy atom. The summed E-state index contributed by atoms with van der Waals surface area (Å²) in [6.45, 7) is 8.52. The number of nitriles is 1. The molecule has 0 unspecified atom stereocenters. The van der Waals surface area contributed by atoms with Crippen molar-refractivity contribution in [1.82, 2.24) is 14.5 Å². The van der Waals surface area contributed by atoms with Gasteiger partial charge in [-0.3, -0.25) is 0 Å². The van der Waals surface area contributed by atoms with Gasteiger partial charge in [0.25, 0.3) is 0 Å². The van der Waals surface area contributed by atoms with Crippen molar-refractivity contribution >= 4 is 80.9 Å². The molecule has 0 radical (unpaired) electrons. The van der Waals surface area contributed by atoms with E-state index in [1.807, 2.05) is 97.1 Å². The number of para-hydroxylation sites is 2. The molecule has 0 amide bonds. The third kappa shape index (κ3) is 4.58. The van der Waals surface area contributed by atoms with Gasteiger partial charge in [0.15, 0.2) is 5.82 Å². The number of nitrogens with zero attached hydrogens (tertiary/aromatic N) is 5. The zero-order valence-electron chi connectivity index (χ0n) is 29.0. The van der Waals surface area contributed by atoms with Crippen LogP contribution in [0, 0.1) is 17.9 Å². The Hall–Kier alpha value is -7.58. The second-order valence-electron chi connectivity index (χ2n) is 13.5. The van der Waals surface area contributed by atoms with Crippen molar-refractivity contribution in [2.45, 2.75) is 0 Å². The van der Waals surface area contributed by atoms with E-state index in [1.54, 1.807) is 11.3 Å². The molecule has 254 valence electrons. The summed E-state index contributed by atoms with van der Waals surface area (Å²) < 4.78 is 10.8. The van der Waals surface area contributed by atoms with Crippen LogP contribution < -0.4 is 0 Å². The first-order valence-electron chi connectivity index (χ1n) is 17.8. The maximum atomic E-state index is 10.8. The minimum absolute atomic E-state index is 0.352. The van der Waals surface area contributed by atoms with Gasteiger partial charge in [0.2, 0.25) is 5.69 Å². The predicted molar refractivity (Wildman–Crippen MR) is 224 cm³/mol. The van der Waals surface area contributed by atoms with Crippen LogP contribution in [0.15, 0.2) is 156 Å². The smallest absolute Gasteiger partial charge is 0.211 e. The van der Waals surface area contributed by atoms with Crippen molar-refractivity contribution in [3.05, 3.63) is 169 Å². The van der Waals surface area contributed by atoms with E-state index in [-0.39, 0.29) is 0 Å². The molecule has 0 N–H and O–H groups in total. The summed E-state index contributed by atoms with van der Waals surface area (Å²) in [5.41, 5.74) is 8.47. The summed E-state index contributed by atoms with van der Waals surface area (Å²) in [5, 5.41) is 17.3. The Morgan fingerprint density at radius 2 is 1.36 bits per heavy atom. The minimum atomic E-state index is 0.352. The molecule has 11 aromatic rings. The molecule has 7 heteroatoms. The van der Waals surface area contributed by atoms with E-state index < -0.39 is 0 Å². The van der Waals surface area contributed by atoms with E-state index in [1.165, 1.54) is 10.1 Å². The first kappa shape index (κ1) is 31.0. The van der Waals surface area contributed by atoms with E-state index in [4.69, 9.17) is 21.0 Å². The first-order valence-corrected chi connectivity index (χ1v) is 18.7. The molecule has 0 bridgehead atoms. The van der Waals surface area contributed by atoms with E-state index in [0.717, 1.165) is 70.6 Å². The van der Waals surface area contributed by atoms with Crippen LogP contribution in [-0.4, -0.2) is 14.5 Å². The zero-order chi connectivity index (χ0) is 36.6. The Balaban J connectivity index is 1.18. The molecular formula is C48H25N5OS. The normalized spacial score (nSPS) is 11.6. The maximum Gasteiger partial charge on any atom is 0.211 e. The van der Waals surface area contributed by atoms with Gasteiger partial charge in [-0.25, -0.2) is 14.8 Å². The fourth-order valence-corrected chi connectivity index (χ4v) is 9.30. The fraction of sp³-hybridized carbons (Fsp3) is 0. The van der Waals surface area contributed by atoms with Crippen LogP contribution >= 0.6 is 11.3 Å². The molecule has 0 spiro atoms. The van der Waals surface area contributed by atoms with Gasteiger partial charge in [-0.05, 0) is 54.1 Å². The summed E-state index contributed by atoms with van der Waals surface area (Å²) in [7, 11) is 0. The summed E-state index contributed by atoms with van der Waals surface area (Å²) in [4.78, 5) is 14.4. The van der Waals surface area contributed by atoms with Crippen LogP contribution in [-0.2, 0) is 0 Å². The molecule has 4 aromatic heterocycles. The number of furan rings is 1. The molecule has 0 atom stereocenters. The third-order valence-corrected chi connectivity index (χ3v) is 11.7. The predicted octanol–water partition coefficient (Wildman–Crippen LogP) is 13.3. The fourth-order valence-electron chi connectivity index (χ4n) is 8.09. The second-order valence-corrected chi connectivity index (χ2v) is 14.5. The van der Waals surface area contributed by atoms with Gasteiger partial charge in [0.1, 0.15) is 22.8 Å². The number of rotatable bonds is 4. The lowest BCUT2D eigenvalue weighted by atomic mass is 9.99. The molecule has 6 nitrogen and oxygen atoms in total. The van der Waals surface area contributed by atoms with Crippen LogP contribution in [0.2, 0.25) is 0 Å². The quantitative estimate of drug-likeness (QED) is 0.170. The highest BCUT2D eigenvalue weighted by Gasteiger charge is 2.24. The van der Waals surface area contributed by atoms with Gasteiger partial charge in [0.05, 0.1) is 40.1 Å². The molecule has 11 rings (SSSR count). The topological polar surface area (TPSA) is 72.0 Å². The Morgan fingerprint density at radius 1 is 0.636 bits per heavy atom. The van der Waals surface area contributed by atoms with Crippen LogP contribution in [0.1, 0.15) is 5.56 Å². The number of hydrogen-bond donors (Lipinski definition) is 0. The average Bonchev–Trinajstić information content (AvgIpc) is 3.93. The second kappa shape index (κ2) is 12.0. The first-order chi connectivity index (χ1) is 27.2. The molecule has 0 aliphatic rings. The van der Waals surface area contributed by atoms with Crippen molar-refractivity contribution in [1.29, 1.82) is 5.26 Å². The third-order valence-electron chi connectivity index (χ3n) is 10.5. The maximum absolute atomic E-state index is 10.8. The highest BCUT2D eigenvalue weighted by Crippen LogP contribution is 2.44. The molecule has 0 aliphatic carbocycles. The molecular weight excluding hydrogens is 695 g/mol. The molecule has 0 saturated carbocycles. The molecule has 55 heavy (non-hydrogen) atoms. The lowest BCUT2D eigenvalue weighted by Gasteiger charge is -2.15. The lowest BCUT2D eigenvalue weighted by molar-refractivity contribution is 0.669. The van der Waals surface area contributed by atoms with E-state index >= 15 is 0 Å². The zero-order valence-corrected chi connectivity index (χ0v) is 29.8. The van der Waals surface area contributed by atoms with Crippen LogP contribution in [0.3, 0.4) is 0 Å². The van der Waals surface area contributed by atoms with E-state index in [2.05, 4.69) is 70.1 Å². The van der Waals surface area contributed by atoms with Gasteiger partial charge in [-0.1, -0.05) is 103 Å². The number of benzene rings is 7. The number of hydrogen-bond acceptors (Lipinski definition) is 5. The molecule has 7 aromatic carbocycles. The van der Waals surface area contributed by atoms with Gasteiger partial charge in [-0.2, -0.15) is 5.26 Å². The summed E-state index contributed by atoms with van der Waals surface area (Å²) >= 11 is 1.71. The summed E-state index contributed by atoms with van der Waals surface area (Å²) in [5.74, 6) is 0.523. The molecule has 0 fully saturated rings. The SMILES string of the molecule is [C-]#[N+]c1cc(-c2nc(-c3cccc4c3sc3ccccc34)nc(-c3ccccc3)c2C#N)ccc1-n1c2ccccc2c2ccc3oc4ccccc4c3c21. The Labute approximate surface area is 318 Å². The van der Waals surface area contributed by atoms with E-state index in [9.17, 15) is 5.26 Å². The van der Waals surface area contributed by atoms with Gasteiger partial charge >= 0.3 is 0 Å². The van der Waals surface area contributed by atoms with Crippen LogP contribution in [0.4, 0.5) is 5.69 Å².